The van der Waals surface area contributed by atoms with Gasteiger partial charge in [-0.2, -0.15) is 0 Å². The van der Waals surface area contributed by atoms with Gasteiger partial charge in [0.05, 0.1) is 17.7 Å². The molecule has 2 aromatic carbocycles. The number of benzene rings is 2. The van der Waals surface area contributed by atoms with Gasteiger partial charge < -0.3 is 9.64 Å². The molecule has 0 aliphatic carbocycles. The molecule has 3 aromatic rings. The van der Waals surface area contributed by atoms with E-state index < -0.39 is 0 Å². The fourth-order valence-corrected chi connectivity index (χ4v) is 4.27. The number of carbonyl (C=O) groups excluding carboxylic acids is 1. The summed E-state index contributed by atoms with van der Waals surface area (Å²) in [5, 5.41) is 0.503. The van der Waals surface area contributed by atoms with Crippen molar-refractivity contribution >= 4 is 33.0 Å². The second-order valence-corrected chi connectivity index (χ2v) is 6.87. The van der Waals surface area contributed by atoms with Crippen LogP contribution < -0.4 is 9.64 Å². The van der Waals surface area contributed by atoms with Crippen LogP contribution in [0.2, 0.25) is 0 Å². The van der Waals surface area contributed by atoms with Crippen LogP contribution >= 0.6 is 11.3 Å². The smallest absolute Gasteiger partial charge is 0.268 e. The number of aryl methyl sites for hydroxylation is 1. The van der Waals surface area contributed by atoms with Crippen LogP contribution in [0.3, 0.4) is 0 Å². The highest BCUT2D eigenvalue weighted by Crippen LogP contribution is 2.38. The summed E-state index contributed by atoms with van der Waals surface area (Å²) in [6.45, 7) is 0.642. The summed E-state index contributed by atoms with van der Waals surface area (Å²) in [6.07, 6.45) is 1.84. The lowest BCUT2D eigenvalue weighted by atomic mass is 10.0. The molecule has 5 heteroatoms. The number of hydrogen-bond acceptors (Lipinski definition) is 3. The first kappa shape index (κ1) is 15.1. The molecule has 122 valence electrons. The maximum Gasteiger partial charge on any atom is 0.268 e. The molecule has 0 saturated heterocycles. The Bertz CT molecular complexity index is 920. The van der Waals surface area contributed by atoms with Crippen molar-refractivity contribution in [1.82, 2.24) is 0 Å². The molecule has 0 N–H and O–H groups in total. The quantitative estimate of drug-likeness (QED) is 0.679. The fraction of sp³-hybridized carbons (Fsp3) is 0.211. The third-order valence-corrected chi connectivity index (χ3v) is 5.45. The van der Waals surface area contributed by atoms with E-state index in [9.17, 15) is 9.18 Å². The lowest BCUT2D eigenvalue weighted by Crippen LogP contribution is -2.35. The highest BCUT2D eigenvalue weighted by Gasteiger charge is 2.28. The zero-order valence-corrected chi connectivity index (χ0v) is 14.0. The van der Waals surface area contributed by atoms with Gasteiger partial charge >= 0.3 is 0 Å². The second kappa shape index (κ2) is 5.91. The standard InChI is InChI=1S/C19H16FNO2S/c1-23-15-8-2-5-12-6-4-10-21(18(12)15)19(22)17-11-13-14(20)7-3-9-16(13)24-17/h2-3,5,7-9,11H,4,6,10H2,1H3. The zero-order valence-electron chi connectivity index (χ0n) is 13.2. The largest absolute Gasteiger partial charge is 0.495 e. The average Bonchev–Trinajstić information content (AvgIpc) is 3.05. The predicted molar refractivity (Wildman–Crippen MR) is 94.8 cm³/mol. The van der Waals surface area contributed by atoms with E-state index in [0.29, 0.717) is 22.6 Å². The first-order chi connectivity index (χ1) is 11.7. The number of rotatable bonds is 2. The number of fused-ring (bicyclic) bond motifs is 2. The normalized spacial score (nSPS) is 13.8. The van der Waals surface area contributed by atoms with Crippen LogP contribution in [0.4, 0.5) is 10.1 Å². The molecule has 24 heavy (non-hydrogen) atoms. The van der Waals surface area contributed by atoms with Crippen molar-refractivity contribution in [2.75, 3.05) is 18.6 Å². The molecule has 1 aliphatic heterocycles. The van der Waals surface area contributed by atoms with E-state index in [-0.39, 0.29) is 11.7 Å². The maximum absolute atomic E-state index is 13.9. The lowest BCUT2D eigenvalue weighted by molar-refractivity contribution is 0.0988. The van der Waals surface area contributed by atoms with E-state index in [1.54, 1.807) is 24.1 Å². The molecule has 0 saturated carbocycles. The molecular formula is C19H16FNO2S. The van der Waals surface area contributed by atoms with Crippen LogP contribution in [0.15, 0.2) is 42.5 Å². The SMILES string of the molecule is COc1cccc2c1N(C(=O)c1cc3c(F)cccc3s1)CCC2. The minimum absolute atomic E-state index is 0.0962. The van der Waals surface area contributed by atoms with Crippen LogP contribution in [-0.4, -0.2) is 19.6 Å². The summed E-state index contributed by atoms with van der Waals surface area (Å²) < 4.78 is 20.2. The Balaban J connectivity index is 1.79. The van der Waals surface area contributed by atoms with Crippen LogP contribution in [-0.2, 0) is 6.42 Å². The van der Waals surface area contributed by atoms with Crippen molar-refractivity contribution < 1.29 is 13.9 Å². The van der Waals surface area contributed by atoms with Gasteiger partial charge in [0.2, 0.25) is 0 Å². The molecule has 1 aliphatic rings. The highest BCUT2D eigenvalue weighted by molar-refractivity contribution is 7.20. The van der Waals surface area contributed by atoms with Crippen molar-refractivity contribution in [3.8, 4) is 5.75 Å². The van der Waals surface area contributed by atoms with Crippen molar-refractivity contribution in [2.45, 2.75) is 12.8 Å². The Morgan fingerprint density at radius 2 is 2.08 bits per heavy atom. The number of anilines is 1. The van der Waals surface area contributed by atoms with Gasteiger partial charge in [-0.1, -0.05) is 18.2 Å². The van der Waals surface area contributed by atoms with Crippen molar-refractivity contribution in [2.24, 2.45) is 0 Å². The topological polar surface area (TPSA) is 29.5 Å². The van der Waals surface area contributed by atoms with Crippen LogP contribution in [0.5, 0.6) is 5.75 Å². The van der Waals surface area contributed by atoms with Gasteiger partial charge in [-0.25, -0.2) is 4.39 Å². The van der Waals surface area contributed by atoms with E-state index in [1.807, 2.05) is 24.3 Å². The van der Waals surface area contributed by atoms with Crippen LogP contribution in [0.25, 0.3) is 10.1 Å². The number of para-hydroxylation sites is 1. The Labute approximate surface area is 143 Å². The summed E-state index contributed by atoms with van der Waals surface area (Å²) in [5.41, 5.74) is 1.95. The third kappa shape index (κ3) is 2.36. The Hall–Kier alpha value is -2.40. The summed E-state index contributed by atoms with van der Waals surface area (Å²) in [6, 6.07) is 12.4. The number of methoxy groups -OCH3 is 1. The molecular weight excluding hydrogens is 325 g/mol. The molecule has 0 unspecified atom stereocenters. The zero-order chi connectivity index (χ0) is 16.7. The molecule has 3 nitrogen and oxygen atoms in total. The van der Waals surface area contributed by atoms with E-state index >= 15 is 0 Å². The molecule has 0 bridgehead atoms. The van der Waals surface area contributed by atoms with Crippen LogP contribution in [0, 0.1) is 5.82 Å². The summed E-state index contributed by atoms with van der Waals surface area (Å²) in [5.74, 6) is 0.313. The number of ether oxygens (including phenoxy) is 1. The van der Waals surface area contributed by atoms with Gasteiger partial charge in [-0.15, -0.1) is 11.3 Å². The Morgan fingerprint density at radius 3 is 2.88 bits per heavy atom. The molecule has 1 aromatic heterocycles. The van der Waals surface area contributed by atoms with Gasteiger partial charge in [-0.05, 0) is 42.7 Å². The van der Waals surface area contributed by atoms with Crippen molar-refractivity contribution in [3.05, 3.63) is 58.7 Å². The molecule has 0 fully saturated rings. The van der Waals surface area contributed by atoms with Crippen molar-refractivity contribution in [3.63, 3.8) is 0 Å². The van der Waals surface area contributed by atoms with Crippen LogP contribution in [0.1, 0.15) is 21.7 Å². The summed E-state index contributed by atoms with van der Waals surface area (Å²) in [7, 11) is 1.61. The van der Waals surface area contributed by atoms with Gasteiger partial charge in [-0.3, -0.25) is 4.79 Å². The predicted octanol–water partition coefficient (Wildman–Crippen LogP) is 4.64. The molecule has 0 atom stereocenters. The molecule has 0 radical (unpaired) electrons. The van der Waals surface area contributed by atoms with Gasteiger partial charge in [0, 0.05) is 16.6 Å². The molecule has 2 heterocycles. The van der Waals surface area contributed by atoms with Crippen molar-refractivity contribution in [1.29, 1.82) is 0 Å². The maximum atomic E-state index is 13.9. The van der Waals surface area contributed by atoms with E-state index in [2.05, 4.69) is 0 Å². The monoisotopic (exact) mass is 341 g/mol. The van der Waals surface area contributed by atoms with E-state index in [0.717, 1.165) is 28.8 Å². The molecule has 1 amide bonds. The minimum Gasteiger partial charge on any atom is -0.495 e. The highest BCUT2D eigenvalue weighted by atomic mass is 32.1. The first-order valence-electron chi connectivity index (χ1n) is 7.85. The number of carbonyl (C=O) groups is 1. The molecule has 0 spiro atoms. The van der Waals surface area contributed by atoms with Gasteiger partial charge in [0.1, 0.15) is 11.6 Å². The number of amides is 1. The number of hydrogen-bond donors (Lipinski definition) is 0. The molecule has 4 rings (SSSR count). The van der Waals surface area contributed by atoms with Gasteiger partial charge in [0.15, 0.2) is 0 Å². The number of halogens is 1. The lowest BCUT2D eigenvalue weighted by Gasteiger charge is -2.30. The Morgan fingerprint density at radius 1 is 1.25 bits per heavy atom. The Kier molecular flexibility index (Phi) is 3.73. The summed E-state index contributed by atoms with van der Waals surface area (Å²) >= 11 is 1.33. The minimum atomic E-state index is -0.292. The first-order valence-corrected chi connectivity index (χ1v) is 8.66. The van der Waals surface area contributed by atoms with E-state index in [1.165, 1.54) is 17.4 Å². The summed E-state index contributed by atoms with van der Waals surface area (Å²) in [4.78, 5) is 15.4. The average molecular weight is 341 g/mol. The fourth-order valence-electron chi connectivity index (χ4n) is 3.25. The number of thiophene rings is 1. The van der Waals surface area contributed by atoms with E-state index in [4.69, 9.17) is 4.74 Å². The second-order valence-electron chi connectivity index (χ2n) is 5.79. The third-order valence-electron chi connectivity index (χ3n) is 4.36. The van der Waals surface area contributed by atoms with Gasteiger partial charge in [0.25, 0.3) is 5.91 Å². The number of nitrogens with zero attached hydrogens (tertiary/aromatic N) is 1.